The molecule has 4 aromatic carbocycles. The number of hydrogen-bond donors (Lipinski definition) is 2. The van der Waals surface area contributed by atoms with Gasteiger partial charge in [-0.3, -0.25) is 9.59 Å². The molecule has 0 atom stereocenters. The lowest BCUT2D eigenvalue weighted by molar-refractivity contribution is -0.117. The summed E-state index contributed by atoms with van der Waals surface area (Å²) in [6.45, 7) is 0. The number of nitrogens with zero attached hydrogens (tertiary/aromatic N) is 2. The summed E-state index contributed by atoms with van der Waals surface area (Å²) in [5.41, 5.74) is 5.08. The minimum absolute atomic E-state index is 0.00798. The molecule has 0 saturated heterocycles. The van der Waals surface area contributed by atoms with Crippen molar-refractivity contribution in [1.29, 1.82) is 0 Å². The Morgan fingerprint density at radius 3 is 2.22 bits per heavy atom. The average molecular weight is 551 g/mol. The number of rotatable bonds is 9. The first-order valence-corrected chi connectivity index (χ1v) is 12.6. The number of hydrazone groups is 1. The summed E-state index contributed by atoms with van der Waals surface area (Å²) in [4.78, 5) is 40.1. The maximum atomic E-state index is 13.4. The van der Waals surface area contributed by atoms with Crippen LogP contribution in [0.4, 0.5) is 10.1 Å². The number of amides is 2. The van der Waals surface area contributed by atoms with Gasteiger partial charge in [-0.15, -0.1) is 0 Å². The van der Waals surface area contributed by atoms with Gasteiger partial charge in [-0.05, 0) is 71.8 Å². The van der Waals surface area contributed by atoms with Gasteiger partial charge >= 0.3 is 5.97 Å². The SMILES string of the molecule is CN(C)c1ccc(C=C(NC(=O)c2ccccc2)C(=O)NN=Cc2cccc(OC(=O)c3cccc(F)c3)c2)cc1. The zero-order valence-electron chi connectivity index (χ0n) is 22.4. The normalized spacial score (nSPS) is 11.1. The van der Waals surface area contributed by atoms with Crippen LogP contribution in [0.5, 0.6) is 5.75 Å². The Labute approximate surface area is 236 Å². The van der Waals surface area contributed by atoms with E-state index >= 15 is 0 Å². The van der Waals surface area contributed by atoms with Gasteiger partial charge in [0.1, 0.15) is 17.3 Å². The van der Waals surface area contributed by atoms with Crippen LogP contribution in [-0.4, -0.2) is 38.1 Å². The minimum Gasteiger partial charge on any atom is -0.423 e. The topological polar surface area (TPSA) is 100 Å². The van der Waals surface area contributed by atoms with Gasteiger partial charge < -0.3 is 15.0 Å². The third kappa shape index (κ3) is 8.21. The van der Waals surface area contributed by atoms with Gasteiger partial charge in [0.2, 0.25) is 0 Å². The first kappa shape index (κ1) is 28.4. The molecule has 206 valence electrons. The van der Waals surface area contributed by atoms with E-state index in [2.05, 4.69) is 15.8 Å². The molecular formula is C32H27FN4O4. The Kier molecular flexibility index (Phi) is 9.35. The van der Waals surface area contributed by atoms with Crippen molar-refractivity contribution < 1.29 is 23.5 Å². The molecule has 0 radical (unpaired) electrons. The maximum absolute atomic E-state index is 13.4. The maximum Gasteiger partial charge on any atom is 0.343 e. The molecule has 0 bridgehead atoms. The van der Waals surface area contributed by atoms with Crippen molar-refractivity contribution in [2.24, 2.45) is 5.10 Å². The summed E-state index contributed by atoms with van der Waals surface area (Å²) in [5, 5.41) is 6.66. The van der Waals surface area contributed by atoms with Crippen molar-refractivity contribution in [2.45, 2.75) is 0 Å². The second-order valence-corrected chi connectivity index (χ2v) is 9.04. The van der Waals surface area contributed by atoms with E-state index in [1.165, 1.54) is 30.5 Å². The van der Waals surface area contributed by atoms with Gasteiger partial charge in [0.25, 0.3) is 11.8 Å². The second-order valence-electron chi connectivity index (χ2n) is 9.04. The Bertz CT molecular complexity index is 1600. The van der Waals surface area contributed by atoms with E-state index < -0.39 is 23.6 Å². The lowest BCUT2D eigenvalue weighted by Crippen LogP contribution is -2.32. The van der Waals surface area contributed by atoms with E-state index in [4.69, 9.17) is 4.74 Å². The predicted molar refractivity (Wildman–Crippen MR) is 156 cm³/mol. The standard InChI is InChI=1S/C32H27FN4O4/c1-37(2)27-16-14-22(15-17-27)19-29(35-30(38)24-9-4-3-5-10-24)31(39)36-34-21-23-8-6-13-28(18-23)41-32(40)25-11-7-12-26(33)20-25/h3-21H,1-2H3,(H,35,38)(H,36,39). The van der Waals surface area contributed by atoms with Gasteiger partial charge in [0, 0.05) is 25.3 Å². The van der Waals surface area contributed by atoms with Crippen molar-refractivity contribution in [3.8, 4) is 5.75 Å². The van der Waals surface area contributed by atoms with Gasteiger partial charge in [0.15, 0.2) is 0 Å². The van der Waals surface area contributed by atoms with E-state index in [9.17, 15) is 18.8 Å². The van der Waals surface area contributed by atoms with Crippen molar-refractivity contribution in [2.75, 3.05) is 19.0 Å². The molecule has 2 N–H and O–H groups in total. The van der Waals surface area contributed by atoms with Crippen LogP contribution in [0.15, 0.2) is 114 Å². The summed E-state index contributed by atoms with van der Waals surface area (Å²) in [7, 11) is 3.85. The molecule has 0 aliphatic rings. The lowest BCUT2D eigenvalue weighted by Gasteiger charge is -2.12. The van der Waals surface area contributed by atoms with E-state index in [0.29, 0.717) is 16.7 Å². The smallest absolute Gasteiger partial charge is 0.343 e. The number of esters is 1. The molecule has 0 unspecified atom stereocenters. The summed E-state index contributed by atoms with van der Waals surface area (Å²) in [5.74, 6) is -2.14. The number of benzene rings is 4. The number of carbonyl (C=O) groups excluding carboxylic acids is 3. The summed E-state index contributed by atoms with van der Waals surface area (Å²) in [6.07, 6.45) is 2.91. The molecule has 4 aromatic rings. The summed E-state index contributed by atoms with van der Waals surface area (Å²) >= 11 is 0. The van der Waals surface area contributed by atoms with Crippen LogP contribution in [0.1, 0.15) is 31.8 Å². The molecule has 8 nitrogen and oxygen atoms in total. The molecular weight excluding hydrogens is 523 g/mol. The minimum atomic E-state index is -0.713. The monoisotopic (exact) mass is 550 g/mol. The highest BCUT2D eigenvalue weighted by molar-refractivity contribution is 6.05. The Hall–Kier alpha value is -5.57. The highest BCUT2D eigenvalue weighted by atomic mass is 19.1. The number of ether oxygens (including phenoxy) is 1. The molecule has 0 saturated carbocycles. The molecule has 0 aliphatic carbocycles. The Morgan fingerprint density at radius 2 is 1.51 bits per heavy atom. The quantitative estimate of drug-likeness (QED) is 0.100. The van der Waals surface area contributed by atoms with Gasteiger partial charge in [-0.2, -0.15) is 5.10 Å². The number of halogens is 1. The third-order valence-electron chi connectivity index (χ3n) is 5.76. The van der Waals surface area contributed by atoms with Crippen LogP contribution in [0.2, 0.25) is 0 Å². The molecule has 0 aliphatic heterocycles. The Balaban J connectivity index is 1.48. The molecule has 0 aromatic heterocycles. The largest absolute Gasteiger partial charge is 0.423 e. The lowest BCUT2D eigenvalue weighted by atomic mass is 10.1. The zero-order chi connectivity index (χ0) is 29.2. The van der Waals surface area contributed by atoms with E-state index in [-0.39, 0.29) is 17.0 Å². The first-order chi connectivity index (χ1) is 19.8. The Morgan fingerprint density at radius 1 is 0.805 bits per heavy atom. The first-order valence-electron chi connectivity index (χ1n) is 12.6. The van der Waals surface area contributed by atoms with Crippen LogP contribution < -0.4 is 20.4 Å². The van der Waals surface area contributed by atoms with Crippen LogP contribution in [-0.2, 0) is 4.79 Å². The highest BCUT2D eigenvalue weighted by Crippen LogP contribution is 2.16. The van der Waals surface area contributed by atoms with Crippen molar-refractivity contribution in [1.82, 2.24) is 10.7 Å². The predicted octanol–water partition coefficient (Wildman–Crippen LogP) is 5.03. The fourth-order valence-electron chi connectivity index (χ4n) is 3.64. The molecule has 0 fully saturated rings. The highest BCUT2D eigenvalue weighted by Gasteiger charge is 2.15. The van der Waals surface area contributed by atoms with Gasteiger partial charge in [0.05, 0.1) is 11.8 Å². The average Bonchev–Trinajstić information content (AvgIpc) is 2.97. The molecule has 41 heavy (non-hydrogen) atoms. The van der Waals surface area contributed by atoms with Crippen molar-refractivity contribution in [3.63, 3.8) is 0 Å². The number of carbonyl (C=O) groups is 3. The van der Waals surface area contributed by atoms with Crippen molar-refractivity contribution in [3.05, 3.63) is 137 Å². The zero-order valence-corrected chi connectivity index (χ0v) is 22.4. The van der Waals surface area contributed by atoms with E-state index in [1.807, 2.05) is 43.3 Å². The summed E-state index contributed by atoms with van der Waals surface area (Å²) in [6, 6.07) is 27.6. The van der Waals surface area contributed by atoms with Crippen LogP contribution >= 0.6 is 0 Å². The molecule has 9 heteroatoms. The fraction of sp³-hybridized carbons (Fsp3) is 0.0625. The molecule has 2 amide bonds. The number of hydrogen-bond acceptors (Lipinski definition) is 6. The van der Waals surface area contributed by atoms with Gasteiger partial charge in [-0.25, -0.2) is 14.6 Å². The van der Waals surface area contributed by atoms with Crippen LogP contribution in [0.3, 0.4) is 0 Å². The molecule has 0 spiro atoms. The fourth-order valence-corrected chi connectivity index (χ4v) is 3.64. The molecule has 4 rings (SSSR count). The van der Waals surface area contributed by atoms with E-state index in [0.717, 1.165) is 11.8 Å². The summed E-state index contributed by atoms with van der Waals surface area (Å²) < 4.78 is 18.7. The van der Waals surface area contributed by atoms with Crippen LogP contribution in [0, 0.1) is 5.82 Å². The van der Waals surface area contributed by atoms with Crippen molar-refractivity contribution >= 4 is 35.8 Å². The third-order valence-corrected chi connectivity index (χ3v) is 5.76. The number of nitrogens with one attached hydrogen (secondary N) is 2. The number of anilines is 1. The van der Waals surface area contributed by atoms with E-state index in [1.54, 1.807) is 54.6 Å². The van der Waals surface area contributed by atoms with Gasteiger partial charge in [-0.1, -0.05) is 48.5 Å². The second kappa shape index (κ2) is 13.5. The molecule has 0 heterocycles. The van der Waals surface area contributed by atoms with Crippen LogP contribution in [0.25, 0.3) is 6.08 Å².